The number of amides is 1. The Morgan fingerprint density at radius 3 is 2.64 bits per heavy atom. The Balaban J connectivity index is 2.13. The highest BCUT2D eigenvalue weighted by Crippen LogP contribution is 2.13. The number of benzene rings is 1. The van der Waals surface area contributed by atoms with Crippen molar-refractivity contribution < 1.29 is 17.7 Å². The summed E-state index contributed by atoms with van der Waals surface area (Å²) in [6, 6.07) is 6.37. The van der Waals surface area contributed by atoms with E-state index in [1.807, 2.05) is 0 Å². The highest BCUT2D eigenvalue weighted by molar-refractivity contribution is 7.89. The van der Waals surface area contributed by atoms with Crippen LogP contribution in [0.3, 0.4) is 0 Å². The van der Waals surface area contributed by atoms with Crippen molar-refractivity contribution in [3.63, 3.8) is 0 Å². The lowest BCUT2D eigenvalue weighted by Gasteiger charge is -2.07. The van der Waals surface area contributed by atoms with E-state index >= 15 is 0 Å². The molecule has 2 rings (SSSR count). The third-order valence-electron chi connectivity index (χ3n) is 3.19. The maximum atomic E-state index is 12.1. The Hall–Kier alpha value is -2.19. The number of hydrogen-bond donors (Lipinski definition) is 2. The molecule has 0 radical (unpaired) electrons. The average molecular weight is 323 g/mol. The first-order valence-electron chi connectivity index (χ1n) is 6.58. The number of hydrogen-bond acceptors (Lipinski definition) is 5. The molecular formula is C14H17N3O4S. The predicted octanol–water partition coefficient (Wildman–Crippen LogP) is 1.13. The van der Waals surface area contributed by atoms with Crippen molar-refractivity contribution in [2.75, 3.05) is 7.05 Å². The van der Waals surface area contributed by atoms with E-state index in [2.05, 4.69) is 15.2 Å². The van der Waals surface area contributed by atoms with Gasteiger partial charge in [0.1, 0.15) is 11.3 Å². The van der Waals surface area contributed by atoms with E-state index in [9.17, 15) is 13.2 Å². The summed E-state index contributed by atoms with van der Waals surface area (Å²) in [5.41, 5.74) is 1.59. The summed E-state index contributed by atoms with van der Waals surface area (Å²) >= 11 is 0. The monoisotopic (exact) mass is 323 g/mol. The molecule has 0 aliphatic carbocycles. The Bertz CT molecular complexity index is 777. The van der Waals surface area contributed by atoms with E-state index in [0.717, 1.165) is 0 Å². The molecule has 22 heavy (non-hydrogen) atoms. The summed E-state index contributed by atoms with van der Waals surface area (Å²) in [6.45, 7) is 3.55. The van der Waals surface area contributed by atoms with Gasteiger partial charge in [-0.1, -0.05) is 17.3 Å². The number of rotatable bonds is 5. The molecule has 0 aliphatic heterocycles. The van der Waals surface area contributed by atoms with Gasteiger partial charge in [-0.3, -0.25) is 4.79 Å². The second kappa shape index (κ2) is 6.29. The van der Waals surface area contributed by atoms with Crippen LogP contribution >= 0.6 is 0 Å². The fraction of sp³-hybridized carbons (Fsp3) is 0.286. The highest BCUT2D eigenvalue weighted by Gasteiger charge is 2.17. The minimum absolute atomic E-state index is 0.152. The standard InChI is InChI=1S/C14H17N3O4S/c1-9-13(10(2)21-17-9)14(18)16-8-11-5-4-6-12(7-11)22(19,20)15-3/h4-7,15H,8H2,1-3H3,(H,16,18). The van der Waals surface area contributed by atoms with Crippen LogP contribution in [-0.4, -0.2) is 26.5 Å². The molecule has 0 fully saturated rings. The van der Waals surface area contributed by atoms with E-state index in [1.54, 1.807) is 26.0 Å². The molecule has 0 spiro atoms. The third kappa shape index (κ3) is 3.34. The van der Waals surface area contributed by atoms with E-state index in [1.165, 1.54) is 19.2 Å². The minimum Gasteiger partial charge on any atom is -0.361 e. The van der Waals surface area contributed by atoms with Crippen LogP contribution in [0.15, 0.2) is 33.7 Å². The van der Waals surface area contributed by atoms with Gasteiger partial charge in [0, 0.05) is 6.54 Å². The van der Waals surface area contributed by atoms with E-state index in [-0.39, 0.29) is 17.3 Å². The average Bonchev–Trinajstić information content (AvgIpc) is 2.84. The molecule has 1 amide bonds. The fourth-order valence-electron chi connectivity index (χ4n) is 2.02. The molecule has 0 unspecified atom stereocenters. The first kappa shape index (κ1) is 16.2. The summed E-state index contributed by atoms with van der Waals surface area (Å²) in [5, 5.41) is 6.45. The molecule has 1 aromatic carbocycles. The smallest absolute Gasteiger partial charge is 0.257 e. The molecule has 1 aromatic heterocycles. The Morgan fingerprint density at radius 2 is 2.05 bits per heavy atom. The number of aryl methyl sites for hydroxylation is 2. The molecule has 0 saturated heterocycles. The van der Waals surface area contributed by atoms with Crippen molar-refractivity contribution in [3.05, 3.63) is 46.8 Å². The zero-order valence-electron chi connectivity index (χ0n) is 12.5. The van der Waals surface area contributed by atoms with Crippen LogP contribution in [0.5, 0.6) is 0 Å². The van der Waals surface area contributed by atoms with Gasteiger partial charge in [-0.2, -0.15) is 0 Å². The van der Waals surface area contributed by atoms with Crippen molar-refractivity contribution in [1.29, 1.82) is 0 Å². The van der Waals surface area contributed by atoms with Gasteiger partial charge in [-0.15, -0.1) is 0 Å². The molecule has 7 nitrogen and oxygen atoms in total. The molecule has 8 heteroatoms. The van der Waals surface area contributed by atoms with Crippen molar-refractivity contribution >= 4 is 15.9 Å². The van der Waals surface area contributed by atoms with Gasteiger partial charge < -0.3 is 9.84 Å². The molecule has 0 bridgehead atoms. The number of carbonyl (C=O) groups is 1. The Kier molecular flexibility index (Phi) is 4.62. The van der Waals surface area contributed by atoms with E-state index in [4.69, 9.17) is 4.52 Å². The molecule has 0 atom stereocenters. The molecule has 118 valence electrons. The van der Waals surface area contributed by atoms with E-state index in [0.29, 0.717) is 22.6 Å². The van der Waals surface area contributed by atoms with Gasteiger partial charge in [-0.05, 0) is 38.6 Å². The first-order chi connectivity index (χ1) is 10.3. The van der Waals surface area contributed by atoms with Crippen LogP contribution in [-0.2, 0) is 16.6 Å². The van der Waals surface area contributed by atoms with Crippen molar-refractivity contribution in [2.24, 2.45) is 0 Å². The van der Waals surface area contributed by atoms with Gasteiger partial charge >= 0.3 is 0 Å². The molecule has 0 aliphatic rings. The number of aromatic nitrogens is 1. The number of nitrogens with one attached hydrogen (secondary N) is 2. The lowest BCUT2D eigenvalue weighted by Crippen LogP contribution is -2.24. The molecule has 2 N–H and O–H groups in total. The fourth-order valence-corrected chi connectivity index (χ4v) is 2.82. The van der Waals surface area contributed by atoms with Crippen molar-refractivity contribution in [2.45, 2.75) is 25.3 Å². The summed E-state index contributed by atoms with van der Waals surface area (Å²) in [6.07, 6.45) is 0. The zero-order valence-corrected chi connectivity index (χ0v) is 13.3. The van der Waals surface area contributed by atoms with Crippen LogP contribution in [0.2, 0.25) is 0 Å². The van der Waals surface area contributed by atoms with Crippen LogP contribution in [0, 0.1) is 13.8 Å². The summed E-state index contributed by atoms with van der Waals surface area (Å²) in [7, 11) is -2.16. The maximum Gasteiger partial charge on any atom is 0.257 e. The van der Waals surface area contributed by atoms with Gasteiger partial charge in [0.25, 0.3) is 5.91 Å². The predicted molar refractivity (Wildman–Crippen MR) is 79.8 cm³/mol. The van der Waals surface area contributed by atoms with Gasteiger partial charge in [-0.25, -0.2) is 13.1 Å². The van der Waals surface area contributed by atoms with Gasteiger partial charge in [0.05, 0.1) is 10.6 Å². The second-order valence-corrected chi connectivity index (χ2v) is 6.62. The van der Waals surface area contributed by atoms with Crippen LogP contribution in [0.25, 0.3) is 0 Å². The summed E-state index contributed by atoms with van der Waals surface area (Å²) in [5.74, 6) is 0.139. The zero-order chi connectivity index (χ0) is 16.3. The SMILES string of the molecule is CNS(=O)(=O)c1cccc(CNC(=O)c2c(C)noc2C)c1. The molecule has 1 heterocycles. The second-order valence-electron chi connectivity index (χ2n) is 4.74. The highest BCUT2D eigenvalue weighted by atomic mass is 32.2. The number of sulfonamides is 1. The van der Waals surface area contributed by atoms with Crippen LogP contribution in [0.1, 0.15) is 27.4 Å². The maximum absolute atomic E-state index is 12.1. The van der Waals surface area contributed by atoms with Crippen LogP contribution < -0.4 is 10.0 Å². The Morgan fingerprint density at radius 1 is 1.32 bits per heavy atom. The lowest BCUT2D eigenvalue weighted by atomic mass is 10.2. The molecule has 2 aromatic rings. The van der Waals surface area contributed by atoms with Crippen molar-refractivity contribution in [3.8, 4) is 0 Å². The summed E-state index contributed by atoms with van der Waals surface area (Å²) < 4.78 is 30.7. The van der Waals surface area contributed by atoms with Crippen LogP contribution in [0.4, 0.5) is 0 Å². The van der Waals surface area contributed by atoms with Gasteiger partial charge in [0.2, 0.25) is 10.0 Å². The topological polar surface area (TPSA) is 101 Å². The third-order valence-corrected chi connectivity index (χ3v) is 4.60. The minimum atomic E-state index is -3.50. The Labute approximate surface area is 128 Å². The van der Waals surface area contributed by atoms with Crippen molar-refractivity contribution in [1.82, 2.24) is 15.2 Å². The van der Waals surface area contributed by atoms with E-state index < -0.39 is 10.0 Å². The number of carbonyl (C=O) groups excluding carboxylic acids is 1. The summed E-state index contributed by atoms with van der Waals surface area (Å²) in [4.78, 5) is 12.3. The largest absolute Gasteiger partial charge is 0.361 e. The normalized spacial score (nSPS) is 11.4. The molecular weight excluding hydrogens is 306 g/mol. The quantitative estimate of drug-likeness (QED) is 0.859. The van der Waals surface area contributed by atoms with Gasteiger partial charge in [0.15, 0.2) is 0 Å². The lowest BCUT2D eigenvalue weighted by molar-refractivity contribution is 0.0949. The number of nitrogens with zero attached hydrogens (tertiary/aromatic N) is 1. The first-order valence-corrected chi connectivity index (χ1v) is 8.07. The molecule has 0 saturated carbocycles.